The molecule has 7 nitrogen and oxygen atoms in total. The molecule has 4 aromatic rings. The Morgan fingerprint density at radius 2 is 1.24 bits per heavy atom. The van der Waals surface area contributed by atoms with Gasteiger partial charge in [0.05, 0.1) is 0 Å². The Balaban J connectivity index is 1.32. The highest BCUT2D eigenvalue weighted by Gasteiger charge is 2.32. The van der Waals surface area contributed by atoms with Crippen LogP contribution in [0.3, 0.4) is 0 Å². The molecule has 1 aliphatic heterocycles. The number of para-hydroxylation sites is 1. The van der Waals surface area contributed by atoms with Crippen LogP contribution in [-0.4, -0.2) is 49.1 Å². The summed E-state index contributed by atoms with van der Waals surface area (Å²) in [7, 11) is 0. The number of benzene rings is 4. The van der Waals surface area contributed by atoms with Gasteiger partial charge in [-0.3, -0.25) is 4.79 Å². The molecule has 3 N–H and O–H groups in total. The molecular formula is C34H36N4O3. The first-order valence-electron chi connectivity index (χ1n) is 14.2. The normalized spacial score (nSPS) is 13.9. The summed E-state index contributed by atoms with van der Waals surface area (Å²) in [4.78, 5) is 29.4. The smallest absolute Gasteiger partial charge is 0.319 e. The Labute approximate surface area is 241 Å². The SMILES string of the molecule is O=C(Nc1ccc(Oc2ccccc2)cc1)N[C@H](C(=O)NCCN1CCCC1)C(c1ccccc1)c1ccccc1. The minimum atomic E-state index is -0.834. The Morgan fingerprint density at radius 1 is 0.707 bits per heavy atom. The van der Waals surface area contributed by atoms with Crippen LogP contribution in [0.2, 0.25) is 0 Å². The van der Waals surface area contributed by atoms with Crippen molar-refractivity contribution in [1.82, 2.24) is 15.5 Å². The molecule has 41 heavy (non-hydrogen) atoms. The first-order chi connectivity index (χ1) is 20.2. The number of amides is 3. The van der Waals surface area contributed by atoms with Crippen LogP contribution in [0.4, 0.5) is 10.5 Å². The van der Waals surface area contributed by atoms with Gasteiger partial charge in [-0.1, -0.05) is 78.9 Å². The van der Waals surface area contributed by atoms with Crippen LogP contribution in [0.15, 0.2) is 115 Å². The van der Waals surface area contributed by atoms with Crippen LogP contribution >= 0.6 is 0 Å². The van der Waals surface area contributed by atoms with Crippen molar-refractivity contribution in [2.45, 2.75) is 24.8 Å². The van der Waals surface area contributed by atoms with Crippen molar-refractivity contribution < 1.29 is 14.3 Å². The largest absolute Gasteiger partial charge is 0.457 e. The third-order valence-electron chi connectivity index (χ3n) is 7.24. The van der Waals surface area contributed by atoms with Gasteiger partial charge in [-0.15, -0.1) is 0 Å². The molecule has 0 radical (unpaired) electrons. The zero-order valence-electron chi connectivity index (χ0n) is 23.0. The second-order valence-corrected chi connectivity index (χ2v) is 10.2. The number of rotatable bonds is 11. The van der Waals surface area contributed by atoms with Crippen LogP contribution in [0.5, 0.6) is 11.5 Å². The van der Waals surface area contributed by atoms with Gasteiger partial charge in [0.15, 0.2) is 0 Å². The molecule has 0 aliphatic carbocycles. The summed E-state index contributed by atoms with van der Waals surface area (Å²) in [5, 5.41) is 8.96. The third-order valence-corrected chi connectivity index (χ3v) is 7.24. The number of hydrogen-bond acceptors (Lipinski definition) is 4. The molecule has 1 saturated heterocycles. The van der Waals surface area contributed by atoms with Gasteiger partial charge in [-0.05, 0) is 73.5 Å². The minimum absolute atomic E-state index is 0.219. The van der Waals surface area contributed by atoms with E-state index in [0.29, 0.717) is 18.0 Å². The van der Waals surface area contributed by atoms with E-state index in [1.165, 1.54) is 12.8 Å². The van der Waals surface area contributed by atoms with E-state index in [1.807, 2.05) is 91.0 Å². The molecule has 210 valence electrons. The zero-order chi connectivity index (χ0) is 28.3. The van der Waals surface area contributed by atoms with Gasteiger partial charge in [-0.25, -0.2) is 4.79 Å². The summed E-state index contributed by atoms with van der Waals surface area (Å²) in [6.07, 6.45) is 2.39. The lowest BCUT2D eigenvalue weighted by Gasteiger charge is -2.28. The van der Waals surface area contributed by atoms with Crippen molar-refractivity contribution in [2.75, 3.05) is 31.5 Å². The zero-order valence-corrected chi connectivity index (χ0v) is 23.0. The van der Waals surface area contributed by atoms with Crippen LogP contribution in [0.1, 0.15) is 29.9 Å². The summed E-state index contributed by atoms with van der Waals surface area (Å²) >= 11 is 0. The number of likely N-dealkylation sites (tertiary alicyclic amines) is 1. The summed E-state index contributed by atoms with van der Waals surface area (Å²) in [5.74, 6) is 0.795. The quantitative estimate of drug-likeness (QED) is 0.214. The molecule has 0 spiro atoms. The molecule has 7 heteroatoms. The molecule has 3 amide bonds. The summed E-state index contributed by atoms with van der Waals surface area (Å²) in [6.45, 7) is 3.44. The molecular weight excluding hydrogens is 512 g/mol. The second-order valence-electron chi connectivity index (χ2n) is 10.2. The van der Waals surface area contributed by atoms with Gasteiger partial charge in [0.2, 0.25) is 5.91 Å². The predicted molar refractivity (Wildman–Crippen MR) is 162 cm³/mol. The van der Waals surface area contributed by atoms with E-state index in [1.54, 1.807) is 24.3 Å². The molecule has 1 fully saturated rings. The number of nitrogens with one attached hydrogen (secondary N) is 3. The fourth-order valence-electron chi connectivity index (χ4n) is 5.19. The maximum absolute atomic E-state index is 13.7. The number of nitrogens with zero attached hydrogens (tertiary/aromatic N) is 1. The maximum atomic E-state index is 13.7. The summed E-state index contributed by atoms with van der Waals surface area (Å²) in [5.41, 5.74) is 2.48. The van der Waals surface area contributed by atoms with Crippen molar-refractivity contribution in [3.8, 4) is 11.5 Å². The van der Waals surface area contributed by atoms with Crippen molar-refractivity contribution in [3.05, 3.63) is 126 Å². The number of hydrogen-bond donors (Lipinski definition) is 3. The van der Waals surface area contributed by atoms with Gasteiger partial charge >= 0.3 is 6.03 Å². The van der Waals surface area contributed by atoms with E-state index in [4.69, 9.17) is 4.74 Å². The Bertz CT molecular complexity index is 1340. The number of ether oxygens (including phenoxy) is 1. The van der Waals surface area contributed by atoms with E-state index in [0.717, 1.165) is 36.5 Å². The van der Waals surface area contributed by atoms with Gasteiger partial charge in [0.1, 0.15) is 17.5 Å². The topological polar surface area (TPSA) is 82.7 Å². The maximum Gasteiger partial charge on any atom is 0.319 e. The highest BCUT2D eigenvalue weighted by Crippen LogP contribution is 2.29. The molecule has 0 saturated carbocycles. The van der Waals surface area contributed by atoms with Gasteiger partial charge in [0.25, 0.3) is 0 Å². The van der Waals surface area contributed by atoms with Crippen molar-refractivity contribution in [2.24, 2.45) is 0 Å². The van der Waals surface area contributed by atoms with Crippen molar-refractivity contribution in [1.29, 1.82) is 0 Å². The van der Waals surface area contributed by atoms with Gasteiger partial charge in [-0.2, -0.15) is 0 Å². The number of carbonyl (C=O) groups is 2. The molecule has 4 aromatic carbocycles. The van der Waals surface area contributed by atoms with Gasteiger partial charge in [0, 0.05) is 24.7 Å². The molecule has 5 rings (SSSR count). The highest BCUT2D eigenvalue weighted by molar-refractivity contribution is 5.94. The van der Waals surface area contributed by atoms with E-state index in [2.05, 4.69) is 20.9 Å². The fourth-order valence-corrected chi connectivity index (χ4v) is 5.19. The van der Waals surface area contributed by atoms with Crippen LogP contribution in [-0.2, 0) is 4.79 Å². The summed E-state index contributed by atoms with van der Waals surface area (Å²) in [6, 6.07) is 35.0. The van der Waals surface area contributed by atoms with E-state index >= 15 is 0 Å². The van der Waals surface area contributed by atoms with Crippen molar-refractivity contribution >= 4 is 17.6 Å². The van der Waals surface area contributed by atoms with E-state index in [-0.39, 0.29) is 11.8 Å². The first-order valence-corrected chi connectivity index (χ1v) is 14.2. The monoisotopic (exact) mass is 548 g/mol. The lowest BCUT2D eigenvalue weighted by molar-refractivity contribution is -0.123. The standard InChI is InChI=1S/C34H36N4O3/c39-33(35-22-25-38-23-10-11-24-38)32(31(26-12-4-1-5-13-26)27-14-6-2-7-15-27)37-34(40)36-28-18-20-30(21-19-28)41-29-16-8-3-9-17-29/h1-9,12-21,31-32H,10-11,22-25H2,(H,35,39)(H2,36,37,40)/t32-/m0/s1. The number of carbonyl (C=O) groups excluding carboxylic acids is 2. The average molecular weight is 549 g/mol. The minimum Gasteiger partial charge on any atom is -0.457 e. The number of anilines is 1. The molecule has 1 atom stereocenters. The van der Waals surface area contributed by atoms with E-state index in [9.17, 15) is 9.59 Å². The molecule has 1 aliphatic rings. The predicted octanol–water partition coefficient (Wildman–Crippen LogP) is 6.01. The average Bonchev–Trinajstić information content (AvgIpc) is 3.53. The molecule has 0 aromatic heterocycles. The summed E-state index contributed by atoms with van der Waals surface area (Å²) < 4.78 is 5.85. The molecule has 1 heterocycles. The number of urea groups is 1. The lowest BCUT2D eigenvalue weighted by atomic mass is 9.84. The van der Waals surface area contributed by atoms with Crippen LogP contribution in [0.25, 0.3) is 0 Å². The third kappa shape index (κ3) is 7.96. The van der Waals surface area contributed by atoms with E-state index < -0.39 is 12.1 Å². The Morgan fingerprint density at radius 3 is 1.83 bits per heavy atom. The molecule has 0 bridgehead atoms. The Hall–Kier alpha value is -4.62. The van der Waals surface area contributed by atoms with Crippen LogP contribution in [0, 0.1) is 0 Å². The van der Waals surface area contributed by atoms with Gasteiger partial charge < -0.3 is 25.6 Å². The highest BCUT2D eigenvalue weighted by atomic mass is 16.5. The Kier molecular flexibility index (Phi) is 9.63. The second kappa shape index (κ2) is 14.1. The van der Waals surface area contributed by atoms with Crippen molar-refractivity contribution in [3.63, 3.8) is 0 Å². The first kappa shape index (κ1) is 27.9. The fraction of sp³-hybridized carbons (Fsp3) is 0.235. The molecule has 0 unspecified atom stereocenters. The van der Waals surface area contributed by atoms with Crippen LogP contribution < -0.4 is 20.7 Å². The lowest BCUT2D eigenvalue weighted by Crippen LogP contribution is -2.52.